The second-order valence-electron chi connectivity index (χ2n) is 32.1. The lowest BCUT2D eigenvalue weighted by molar-refractivity contribution is 0.669. The van der Waals surface area contributed by atoms with Crippen LogP contribution in [0.1, 0.15) is 45.2 Å². The molecule has 0 amide bonds. The van der Waals surface area contributed by atoms with E-state index in [2.05, 4.69) is 397 Å². The minimum atomic E-state index is -3.04. The molecule has 0 unspecified atom stereocenters. The Morgan fingerprint density at radius 2 is 0.533 bits per heavy atom. The molecule has 26 rings (SSSR count). The first kappa shape index (κ1) is 69.5. The summed E-state index contributed by atoms with van der Waals surface area (Å²) < 4.78 is 18.4. The molecule has 3 aliphatic rings. The first-order valence-corrected chi connectivity index (χ1v) is 45.6. The zero-order valence-corrected chi connectivity index (χ0v) is 67.8. The van der Waals surface area contributed by atoms with Gasteiger partial charge in [-0.15, -0.1) is 0 Å². The standard InChI is InChI=1S/C110H70N8O2Si2/c1-7-35-71(36-8-1)121(72-37-9-2-10-38-72,73-39-11-3-12-40-73)77-47-29-33-69(67-77)105-111-107(89-57-31-55-83-79-49-23-27-61-95(79)119-103(83)89)115-109(113-105)117-91-59-25-21-53-85(91)98-93(117)65-63-87-97-81-51-19-20-52-82(81)100(101(87)98)102-88(97)64-66-94-99(102)86-54-22-26-60-92(86)118(94)110-114-106(112-108(116-110)90-58-32-56-84-80-50-24-28-62-96(80)120-104(84)90)70-34-30-48-78(68-70)122(74-41-13-4-14-42-74,75-43-15-5-16-44-75)76-45-17-6-18-46-76/h1-68,97,100H. The van der Waals surface area contributed by atoms with Crippen LogP contribution in [0, 0.1) is 0 Å². The van der Waals surface area contributed by atoms with Crippen molar-refractivity contribution in [2.45, 2.75) is 11.8 Å². The molecule has 2 bridgehead atoms. The number of hydrogen-bond donors (Lipinski definition) is 0. The van der Waals surface area contributed by atoms with E-state index in [0.717, 1.165) is 98.6 Å². The van der Waals surface area contributed by atoms with E-state index in [1.54, 1.807) is 0 Å². The zero-order chi connectivity index (χ0) is 80.1. The minimum Gasteiger partial charge on any atom is -0.455 e. The molecule has 3 aliphatic carbocycles. The van der Waals surface area contributed by atoms with Crippen molar-refractivity contribution in [1.82, 2.24) is 39.0 Å². The number of rotatable bonds is 14. The van der Waals surface area contributed by atoms with Crippen LogP contribution in [0.4, 0.5) is 0 Å². The van der Waals surface area contributed by atoms with Crippen molar-refractivity contribution < 1.29 is 8.83 Å². The SMILES string of the molecule is c1ccc([Si](c2ccccc2)(c2ccccc2)c2cccc(-c3nc(-c4cccc5c4oc4ccccc45)nc(-n4c5ccccc5c5c6c(ccc54)C4c5ccccc5C6c5c4ccc4c5c5ccccc5n4-c4nc(-c5cccc([Si](c6ccccc6)(c6ccccc6)c6ccccc6)c5)nc(-c5cccc6c5oc5ccccc56)n4)n3)c2)cc1. The average Bonchev–Trinajstić information content (AvgIpc) is 1.40. The van der Waals surface area contributed by atoms with Gasteiger partial charge in [0.1, 0.15) is 22.3 Å². The highest BCUT2D eigenvalue weighted by Gasteiger charge is 2.47. The van der Waals surface area contributed by atoms with E-state index in [1.807, 2.05) is 24.3 Å². The smallest absolute Gasteiger partial charge is 0.238 e. The van der Waals surface area contributed by atoms with E-state index < -0.39 is 16.1 Å². The van der Waals surface area contributed by atoms with Crippen LogP contribution in [0.25, 0.3) is 145 Å². The van der Waals surface area contributed by atoms with E-state index in [4.69, 9.17) is 38.7 Å². The fourth-order valence-electron chi connectivity index (χ4n) is 20.9. The summed E-state index contributed by atoms with van der Waals surface area (Å²) in [4.78, 5) is 34.4. The second-order valence-corrected chi connectivity index (χ2v) is 39.7. The number of nitrogens with zero attached hydrogens (tertiary/aromatic N) is 8. The van der Waals surface area contributed by atoms with E-state index in [0.29, 0.717) is 46.4 Å². The maximum absolute atomic E-state index is 6.91. The van der Waals surface area contributed by atoms with E-state index >= 15 is 0 Å². The van der Waals surface area contributed by atoms with E-state index in [-0.39, 0.29) is 11.8 Å². The van der Waals surface area contributed by atoms with Gasteiger partial charge in [-0.3, -0.25) is 9.13 Å². The zero-order valence-electron chi connectivity index (χ0n) is 65.8. The summed E-state index contributed by atoms with van der Waals surface area (Å²) in [5.74, 6) is 2.70. The van der Waals surface area contributed by atoms with Gasteiger partial charge in [-0.1, -0.05) is 364 Å². The Morgan fingerprint density at radius 1 is 0.221 bits per heavy atom. The lowest BCUT2D eigenvalue weighted by atomic mass is 9.59. The molecule has 0 spiro atoms. The topological polar surface area (TPSA) is 113 Å². The number of hydrogen-bond acceptors (Lipinski definition) is 8. The van der Waals surface area contributed by atoms with Crippen molar-refractivity contribution >= 4 is 145 Å². The predicted molar refractivity (Wildman–Crippen MR) is 500 cm³/mol. The van der Waals surface area contributed by atoms with Crippen molar-refractivity contribution in [2.24, 2.45) is 0 Å². The molecule has 570 valence electrons. The van der Waals surface area contributed by atoms with Crippen LogP contribution in [0.2, 0.25) is 0 Å². The highest BCUT2D eigenvalue weighted by Crippen LogP contribution is 2.61. The number of aromatic nitrogens is 8. The van der Waals surface area contributed by atoms with Crippen LogP contribution < -0.4 is 41.5 Å². The Balaban J connectivity index is 0.713. The first-order valence-electron chi connectivity index (χ1n) is 41.6. The third-order valence-electron chi connectivity index (χ3n) is 25.9. The minimum absolute atomic E-state index is 0.116. The lowest BCUT2D eigenvalue weighted by Crippen LogP contribution is -2.74. The highest BCUT2D eigenvalue weighted by molar-refractivity contribution is 7.20. The molecule has 0 radical (unpaired) electrons. The molecule has 6 heterocycles. The van der Waals surface area contributed by atoms with Gasteiger partial charge in [0.25, 0.3) is 0 Å². The fourth-order valence-corrected chi connectivity index (χ4v) is 30.5. The first-order chi connectivity index (χ1) is 60.5. The molecule has 0 atom stereocenters. The molecule has 23 aromatic rings. The number of para-hydroxylation sites is 6. The van der Waals surface area contributed by atoms with Crippen molar-refractivity contribution in [3.05, 3.63) is 446 Å². The highest BCUT2D eigenvalue weighted by atomic mass is 28.3. The summed E-state index contributed by atoms with van der Waals surface area (Å²) in [5.41, 5.74) is 17.9. The summed E-state index contributed by atoms with van der Waals surface area (Å²) in [7, 11) is -6.08. The van der Waals surface area contributed by atoms with Crippen molar-refractivity contribution in [3.8, 4) is 57.4 Å². The number of benzene rings is 17. The summed E-state index contributed by atoms with van der Waals surface area (Å²) in [6.45, 7) is 0. The van der Waals surface area contributed by atoms with Gasteiger partial charge >= 0.3 is 0 Å². The molecule has 0 saturated heterocycles. The van der Waals surface area contributed by atoms with Crippen molar-refractivity contribution in [2.75, 3.05) is 0 Å². The van der Waals surface area contributed by atoms with Gasteiger partial charge < -0.3 is 8.83 Å². The summed E-state index contributed by atoms with van der Waals surface area (Å²) >= 11 is 0. The van der Waals surface area contributed by atoms with Crippen LogP contribution in [0.15, 0.2) is 421 Å². The van der Waals surface area contributed by atoms with Crippen LogP contribution in [0.3, 0.4) is 0 Å². The normalized spacial score (nSPS) is 13.7. The predicted octanol–water partition coefficient (Wildman–Crippen LogP) is 20.5. The van der Waals surface area contributed by atoms with Gasteiger partial charge in [-0.2, -0.15) is 19.9 Å². The molecular weight excluding hydrogens is 1520 g/mol. The van der Waals surface area contributed by atoms with Crippen LogP contribution in [-0.4, -0.2) is 55.2 Å². The second kappa shape index (κ2) is 27.5. The van der Waals surface area contributed by atoms with Gasteiger partial charge in [-0.25, -0.2) is 9.97 Å². The summed E-state index contributed by atoms with van der Waals surface area (Å²) in [6, 6.07) is 150. The number of furan rings is 2. The largest absolute Gasteiger partial charge is 0.455 e. The molecular formula is C110H70N8O2Si2. The molecule has 0 fully saturated rings. The van der Waals surface area contributed by atoms with Crippen molar-refractivity contribution in [1.29, 1.82) is 0 Å². The quantitative estimate of drug-likeness (QED) is 0.0781. The van der Waals surface area contributed by atoms with Gasteiger partial charge in [0.15, 0.2) is 39.4 Å². The molecule has 0 aliphatic heterocycles. The van der Waals surface area contributed by atoms with Gasteiger partial charge in [0, 0.05) is 66.1 Å². The molecule has 17 aromatic carbocycles. The fraction of sp³-hybridized carbons (Fsp3) is 0.0182. The molecule has 6 aromatic heterocycles. The monoisotopic (exact) mass is 1590 g/mol. The van der Waals surface area contributed by atoms with E-state index in [1.165, 1.54) is 74.9 Å². The summed E-state index contributed by atoms with van der Waals surface area (Å²) in [5, 5.41) is 18.6. The Bertz CT molecular complexity index is 7520. The van der Waals surface area contributed by atoms with Gasteiger partial charge in [0.05, 0.1) is 33.2 Å². The average molecular weight is 1590 g/mol. The Kier molecular flexibility index (Phi) is 15.7. The van der Waals surface area contributed by atoms with Crippen LogP contribution in [0.5, 0.6) is 0 Å². The van der Waals surface area contributed by atoms with Crippen LogP contribution in [-0.2, 0) is 0 Å². The van der Waals surface area contributed by atoms with Gasteiger partial charge in [0.2, 0.25) is 11.9 Å². The molecule has 10 nitrogen and oxygen atoms in total. The molecule has 0 saturated carbocycles. The summed E-state index contributed by atoms with van der Waals surface area (Å²) in [6.07, 6.45) is 0. The van der Waals surface area contributed by atoms with Crippen molar-refractivity contribution in [3.63, 3.8) is 0 Å². The Hall–Kier alpha value is -15.6. The van der Waals surface area contributed by atoms with Crippen LogP contribution >= 0.6 is 0 Å². The lowest BCUT2D eigenvalue weighted by Gasteiger charge is -2.43. The Morgan fingerprint density at radius 3 is 0.926 bits per heavy atom. The third kappa shape index (κ3) is 10.3. The maximum atomic E-state index is 6.91. The van der Waals surface area contributed by atoms with E-state index in [9.17, 15) is 0 Å². The molecule has 122 heavy (non-hydrogen) atoms. The molecule has 12 heteroatoms. The maximum Gasteiger partial charge on any atom is 0.238 e. The van der Waals surface area contributed by atoms with Gasteiger partial charge in [-0.05, 0) is 123 Å². The third-order valence-corrected chi connectivity index (χ3v) is 35.5. The Labute approximate surface area is 703 Å². The number of fused-ring (bicyclic) bond motifs is 12. The molecule has 0 N–H and O–H groups in total.